The van der Waals surface area contributed by atoms with Crippen LogP contribution in [-0.2, 0) is 25.5 Å². The molecule has 3 aliphatic heterocycles. The van der Waals surface area contributed by atoms with Crippen LogP contribution in [0.4, 0.5) is 10.6 Å². The third-order valence-electron chi connectivity index (χ3n) is 8.74. The number of aliphatic hydroxyl groups excluding tert-OH is 2. The Kier molecular flexibility index (Phi) is 7.89. The number of nitrogen functional groups attached to an aromatic ring is 1. The van der Waals surface area contributed by atoms with E-state index < -0.39 is 36.7 Å². The summed E-state index contributed by atoms with van der Waals surface area (Å²) in [7, 11) is 1.66. The number of likely N-dealkylation sites (tertiary alicyclic amines) is 2. The Labute approximate surface area is 242 Å². The highest BCUT2D eigenvalue weighted by Crippen LogP contribution is 2.33. The van der Waals surface area contributed by atoms with Gasteiger partial charge in [-0.25, -0.2) is 19.7 Å². The van der Waals surface area contributed by atoms with Gasteiger partial charge >= 0.3 is 6.09 Å². The summed E-state index contributed by atoms with van der Waals surface area (Å²) in [5.41, 5.74) is 6.90. The smallest absolute Gasteiger partial charge is 0.411 e. The molecule has 3 amide bonds. The Hall–Kier alpha value is -3.56. The first kappa shape index (κ1) is 28.6. The lowest BCUT2D eigenvalue weighted by molar-refractivity contribution is -0.137. The van der Waals surface area contributed by atoms with Crippen molar-refractivity contribution in [2.24, 2.45) is 5.92 Å². The van der Waals surface area contributed by atoms with Crippen LogP contribution >= 0.6 is 0 Å². The molecule has 2 aromatic heterocycles. The number of fused-ring (bicyclic) bond motifs is 1. The van der Waals surface area contributed by atoms with Crippen LogP contribution in [-0.4, -0.2) is 108 Å². The van der Waals surface area contributed by atoms with Crippen LogP contribution in [0, 0.1) is 5.92 Å². The van der Waals surface area contributed by atoms with E-state index in [2.05, 4.69) is 20.3 Å². The topological polar surface area (TPSA) is 198 Å². The minimum Gasteiger partial charge on any atom is -0.425 e. The molecular formula is C27H38N8O7. The van der Waals surface area contributed by atoms with Gasteiger partial charge < -0.3 is 40.5 Å². The van der Waals surface area contributed by atoms with E-state index in [-0.39, 0.29) is 23.9 Å². The second-order valence-electron chi connectivity index (χ2n) is 11.8. The molecule has 15 heteroatoms. The maximum atomic E-state index is 12.6. The molecule has 15 nitrogen and oxygen atoms in total. The number of aliphatic hydroxyl groups is 2. The van der Waals surface area contributed by atoms with Crippen molar-refractivity contribution < 1.29 is 34.1 Å². The maximum absolute atomic E-state index is 12.6. The van der Waals surface area contributed by atoms with Crippen LogP contribution in [0.3, 0.4) is 0 Å². The van der Waals surface area contributed by atoms with E-state index in [1.165, 1.54) is 15.8 Å². The molecule has 228 valence electrons. The van der Waals surface area contributed by atoms with E-state index in [1.54, 1.807) is 11.9 Å². The molecular weight excluding hydrogens is 548 g/mol. The van der Waals surface area contributed by atoms with Gasteiger partial charge in [0.05, 0.1) is 6.33 Å². The fraction of sp³-hybridized carbons (Fsp3) is 0.704. The van der Waals surface area contributed by atoms with E-state index in [0.717, 1.165) is 38.5 Å². The second-order valence-corrected chi connectivity index (χ2v) is 11.8. The summed E-state index contributed by atoms with van der Waals surface area (Å²) in [6.45, 7) is 1.22. The van der Waals surface area contributed by atoms with Crippen molar-refractivity contribution in [3.63, 3.8) is 0 Å². The highest BCUT2D eigenvalue weighted by Gasteiger charge is 2.48. The Morgan fingerprint density at radius 3 is 2.60 bits per heavy atom. The zero-order valence-corrected chi connectivity index (χ0v) is 23.6. The molecule has 4 fully saturated rings. The highest BCUT2D eigenvalue weighted by molar-refractivity contribution is 5.83. The van der Waals surface area contributed by atoms with Crippen molar-refractivity contribution in [1.82, 2.24) is 34.6 Å². The first-order chi connectivity index (χ1) is 20.2. The van der Waals surface area contributed by atoms with Crippen LogP contribution in [0.2, 0.25) is 0 Å². The van der Waals surface area contributed by atoms with Crippen molar-refractivity contribution in [3.05, 3.63) is 12.2 Å². The lowest BCUT2D eigenvalue weighted by atomic mass is 9.91. The summed E-state index contributed by atoms with van der Waals surface area (Å²) in [4.78, 5) is 53.3. The predicted molar refractivity (Wildman–Crippen MR) is 146 cm³/mol. The van der Waals surface area contributed by atoms with E-state index in [9.17, 15) is 24.6 Å². The van der Waals surface area contributed by atoms with E-state index in [4.69, 9.17) is 15.2 Å². The fourth-order valence-electron chi connectivity index (χ4n) is 5.96. The van der Waals surface area contributed by atoms with Crippen molar-refractivity contribution >= 4 is 34.9 Å². The van der Waals surface area contributed by atoms with Crippen LogP contribution in [0.25, 0.3) is 11.2 Å². The van der Waals surface area contributed by atoms with Gasteiger partial charge in [0, 0.05) is 45.4 Å². The van der Waals surface area contributed by atoms with Gasteiger partial charge in [0.15, 0.2) is 30.0 Å². The molecule has 1 saturated carbocycles. The molecule has 0 bridgehead atoms. The molecule has 0 radical (unpaired) electrons. The number of nitrogens with two attached hydrogens (primary N) is 1. The largest absolute Gasteiger partial charge is 0.425 e. The standard InChI is InChI=1S/C27H38N8O7/c1-33-17(36)7-8-18(33)41-27(40)34-11-9-14(10-12-34)3-2-4-16-31-23(28)19-24(32-16)35(13-29-19)26-21(38)20(37)22(42-26)25(39)30-15-5-6-15/h13-15,18,20-22,26,37-38H,2-12H2,1H3,(H,30,39)(H2,28,31,32)/t18?,20?,21-,22-,26+/m0/s1. The number of carbonyl (C=O) groups excluding carboxylic acids is 3. The van der Waals surface area contributed by atoms with E-state index >= 15 is 0 Å². The molecule has 5 heterocycles. The molecule has 1 aliphatic carbocycles. The number of carbonyl (C=O) groups is 3. The Balaban J connectivity index is 1.02. The van der Waals surface area contributed by atoms with Crippen molar-refractivity contribution in [2.45, 2.75) is 94.6 Å². The van der Waals surface area contributed by atoms with Crippen LogP contribution in [0.1, 0.15) is 63.4 Å². The molecule has 6 rings (SSSR count). The number of aryl methyl sites for hydroxylation is 1. The third-order valence-corrected chi connectivity index (χ3v) is 8.74. The Morgan fingerprint density at radius 2 is 1.90 bits per heavy atom. The van der Waals surface area contributed by atoms with Crippen molar-refractivity contribution in [2.75, 3.05) is 25.9 Å². The SMILES string of the molecule is CN1C(=O)CCC1OC(=O)N1CCC(CCCc2nc(N)c3ncn([C@@H]4O[C@H](C(=O)NC5CC5)C(O)[C@@H]4O)c3n2)CC1. The minimum atomic E-state index is -1.40. The number of anilines is 1. The summed E-state index contributed by atoms with van der Waals surface area (Å²) < 4.78 is 12.8. The van der Waals surface area contributed by atoms with Crippen molar-refractivity contribution in [1.29, 1.82) is 0 Å². The number of hydrogen-bond acceptors (Lipinski definition) is 11. The third kappa shape index (κ3) is 5.72. The lowest BCUT2D eigenvalue weighted by Gasteiger charge is -2.32. The monoisotopic (exact) mass is 586 g/mol. The molecule has 2 unspecified atom stereocenters. The average Bonchev–Trinajstić information content (AvgIpc) is 3.50. The van der Waals surface area contributed by atoms with Gasteiger partial charge in [0.25, 0.3) is 5.91 Å². The zero-order valence-electron chi connectivity index (χ0n) is 23.6. The van der Waals surface area contributed by atoms with Gasteiger partial charge in [-0.15, -0.1) is 0 Å². The lowest BCUT2D eigenvalue weighted by Crippen LogP contribution is -2.43. The molecule has 0 spiro atoms. The quantitative estimate of drug-likeness (QED) is 0.326. The second kappa shape index (κ2) is 11.6. The Bertz CT molecular complexity index is 1340. The number of imidazole rings is 1. The number of hydrogen-bond donors (Lipinski definition) is 4. The van der Waals surface area contributed by atoms with Gasteiger partial charge in [-0.1, -0.05) is 0 Å². The number of ether oxygens (including phenoxy) is 2. The summed E-state index contributed by atoms with van der Waals surface area (Å²) in [6, 6.07) is 0.0923. The highest BCUT2D eigenvalue weighted by atomic mass is 16.6. The van der Waals surface area contributed by atoms with E-state index in [1.807, 2.05) is 0 Å². The van der Waals surface area contributed by atoms with Crippen LogP contribution in [0.15, 0.2) is 6.33 Å². The minimum absolute atomic E-state index is 0.00840. The van der Waals surface area contributed by atoms with Gasteiger partial charge in [-0.3, -0.25) is 14.2 Å². The molecule has 2 aromatic rings. The molecule has 3 saturated heterocycles. The van der Waals surface area contributed by atoms with E-state index in [0.29, 0.717) is 55.3 Å². The van der Waals surface area contributed by atoms with Gasteiger partial charge in [-0.2, -0.15) is 0 Å². The van der Waals surface area contributed by atoms with Crippen molar-refractivity contribution in [3.8, 4) is 0 Å². The first-order valence-electron chi connectivity index (χ1n) is 14.7. The summed E-state index contributed by atoms with van der Waals surface area (Å²) in [6.07, 6.45) is 2.29. The summed E-state index contributed by atoms with van der Waals surface area (Å²) in [5.74, 6) is 0.705. The number of rotatable bonds is 8. The molecule has 5 atom stereocenters. The van der Waals surface area contributed by atoms with Crippen LogP contribution in [0.5, 0.6) is 0 Å². The number of piperidine rings is 1. The number of nitrogens with zero attached hydrogens (tertiary/aromatic N) is 6. The summed E-state index contributed by atoms with van der Waals surface area (Å²) in [5, 5.41) is 24.0. The predicted octanol–water partition coefficient (Wildman–Crippen LogP) is 0.0559. The summed E-state index contributed by atoms with van der Waals surface area (Å²) >= 11 is 0. The fourth-order valence-corrected chi connectivity index (χ4v) is 5.96. The molecule has 4 aliphatic rings. The average molecular weight is 587 g/mol. The number of nitrogens with one attached hydrogen (secondary N) is 1. The van der Waals surface area contributed by atoms with Crippen LogP contribution < -0.4 is 11.1 Å². The maximum Gasteiger partial charge on any atom is 0.411 e. The van der Waals surface area contributed by atoms with Gasteiger partial charge in [0.2, 0.25) is 5.91 Å². The Morgan fingerprint density at radius 1 is 1.14 bits per heavy atom. The normalized spacial score (nSPS) is 28.5. The molecule has 5 N–H and O–H groups in total. The molecule has 42 heavy (non-hydrogen) atoms. The van der Waals surface area contributed by atoms with Gasteiger partial charge in [-0.05, 0) is 44.4 Å². The zero-order chi connectivity index (χ0) is 29.5. The van der Waals surface area contributed by atoms with Gasteiger partial charge in [0.1, 0.15) is 23.5 Å². The first-order valence-corrected chi connectivity index (χ1v) is 14.7. The molecule has 0 aromatic carbocycles. The number of amides is 3. The number of aromatic nitrogens is 4.